The Morgan fingerprint density at radius 3 is 2.53 bits per heavy atom. The molecule has 0 saturated carbocycles. The predicted molar refractivity (Wildman–Crippen MR) is 69.9 cm³/mol. The van der Waals surface area contributed by atoms with E-state index in [0.717, 1.165) is 11.6 Å². The Hall–Kier alpha value is -2.63. The summed E-state index contributed by atoms with van der Waals surface area (Å²) >= 11 is 0. The number of carboxylic acids is 1. The molecule has 1 aromatic carbocycles. The Labute approximate surface area is 110 Å². The summed E-state index contributed by atoms with van der Waals surface area (Å²) in [7, 11) is 1.51. The van der Waals surface area contributed by atoms with Gasteiger partial charge >= 0.3 is 12.0 Å². The number of nitrogens with one attached hydrogen (secondary N) is 1. The molecule has 0 aliphatic heterocycles. The number of carbonyl (C=O) groups is 3. The summed E-state index contributed by atoms with van der Waals surface area (Å²) in [6.45, 7) is 1.88. The number of amides is 3. The molecule has 1 rings (SSSR count). The van der Waals surface area contributed by atoms with Crippen molar-refractivity contribution in [1.29, 1.82) is 0 Å². The van der Waals surface area contributed by atoms with Gasteiger partial charge in [0.1, 0.15) is 0 Å². The maximum absolute atomic E-state index is 11.7. The first-order chi connectivity index (χ1) is 8.90. The molecule has 0 saturated heterocycles. The summed E-state index contributed by atoms with van der Waals surface area (Å²) in [6, 6.07) is 6.56. The van der Waals surface area contributed by atoms with Crippen molar-refractivity contribution in [2.45, 2.75) is 6.92 Å². The zero-order valence-corrected chi connectivity index (χ0v) is 10.6. The van der Waals surface area contributed by atoms with Crippen molar-refractivity contribution in [1.82, 2.24) is 5.32 Å². The minimum Gasteiger partial charge on any atom is -0.478 e. The summed E-state index contributed by atoms with van der Waals surface area (Å²) in [6.07, 6.45) is 1.44. The number of hydrogen-bond acceptors (Lipinski definition) is 3. The van der Waals surface area contributed by atoms with Crippen LogP contribution in [0.1, 0.15) is 5.56 Å². The molecule has 0 fully saturated rings. The highest BCUT2D eigenvalue weighted by Gasteiger charge is 2.12. The molecular formula is C13H14N2O4. The number of imide groups is 1. The van der Waals surface area contributed by atoms with Gasteiger partial charge in [-0.2, -0.15) is 0 Å². The maximum Gasteiger partial charge on any atom is 0.328 e. The van der Waals surface area contributed by atoms with Gasteiger partial charge in [-0.1, -0.05) is 12.1 Å². The van der Waals surface area contributed by atoms with Crippen molar-refractivity contribution in [2.24, 2.45) is 0 Å². The van der Waals surface area contributed by atoms with E-state index in [1.807, 2.05) is 13.0 Å². The van der Waals surface area contributed by atoms with Gasteiger partial charge in [-0.05, 0) is 24.6 Å². The molecule has 0 unspecified atom stereocenters. The number of aryl methyl sites for hydroxylation is 1. The standard InChI is InChI=1S/C13H14N2O4/c1-9-4-3-5-10(8-9)15(2)13(19)14-11(16)6-7-12(17)18/h3-8H,1-2H3,(H,17,18)(H,14,16,19). The van der Waals surface area contributed by atoms with Gasteiger partial charge in [-0.15, -0.1) is 0 Å². The fourth-order valence-electron chi connectivity index (χ4n) is 1.33. The number of carboxylic acid groups (broad SMARTS) is 1. The fourth-order valence-corrected chi connectivity index (χ4v) is 1.33. The molecule has 0 bridgehead atoms. The Balaban J connectivity index is 2.68. The molecule has 6 nitrogen and oxygen atoms in total. The molecule has 3 amide bonds. The molecule has 0 aliphatic rings. The van der Waals surface area contributed by atoms with Crippen LogP contribution in [0, 0.1) is 6.92 Å². The van der Waals surface area contributed by atoms with E-state index >= 15 is 0 Å². The first-order valence-corrected chi connectivity index (χ1v) is 5.46. The van der Waals surface area contributed by atoms with Crippen molar-refractivity contribution in [3.8, 4) is 0 Å². The number of anilines is 1. The molecule has 0 heterocycles. The van der Waals surface area contributed by atoms with Crippen molar-refractivity contribution >= 4 is 23.6 Å². The minimum atomic E-state index is -1.25. The molecule has 19 heavy (non-hydrogen) atoms. The number of carbonyl (C=O) groups excluding carboxylic acids is 2. The molecule has 0 aromatic heterocycles. The Morgan fingerprint density at radius 1 is 1.26 bits per heavy atom. The van der Waals surface area contributed by atoms with Gasteiger partial charge in [0.25, 0.3) is 5.91 Å². The van der Waals surface area contributed by atoms with Gasteiger partial charge in [0.15, 0.2) is 0 Å². The lowest BCUT2D eigenvalue weighted by molar-refractivity contribution is -0.131. The van der Waals surface area contributed by atoms with Gasteiger partial charge < -0.3 is 5.11 Å². The number of benzene rings is 1. The van der Waals surface area contributed by atoms with E-state index in [-0.39, 0.29) is 0 Å². The zero-order valence-electron chi connectivity index (χ0n) is 10.6. The topological polar surface area (TPSA) is 86.7 Å². The second-order valence-electron chi connectivity index (χ2n) is 3.86. The van der Waals surface area contributed by atoms with Crippen LogP contribution in [0.5, 0.6) is 0 Å². The third-order valence-corrected chi connectivity index (χ3v) is 2.30. The molecule has 0 aliphatic carbocycles. The van der Waals surface area contributed by atoms with Crippen molar-refractivity contribution in [2.75, 3.05) is 11.9 Å². The molecule has 0 atom stereocenters. The average molecular weight is 262 g/mol. The van der Waals surface area contributed by atoms with Crippen LogP contribution >= 0.6 is 0 Å². The first kappa shape index (κ1) is 14.4. The average Bonchev–Trinajstić information content (AvgIpc) is 2.35. The smallest absolute Gasteiger partial charge is 0.328 e. The molecule has 1 aromatic rings. The molecule has 2 N–H and O–H groups in total. The summed E-state index contributed by atoms with van der Waals surface area (Å²) < 4.78 is 0. The lowest BCUT2D eigenvalue weighted by atomic mass is 10.2. The van der Waals surface area contributed by atoms with E-state index in [9.17, 15) is 14.4 Å². The number of nitrogens with zero attached hydrogens (tertiary/aromatic N) is 1. The van der Waals surface area contributed by atoms with E-state index < -0.39 is 17.9 Å². The van der Waals surface area contributed by atoms with Gasteiger partial charge in [0.05, 0.1) is 0 Å². The van der Waals surface area contributed by atoms with Crippen molar-refractivity contribution in [3.05, 3.63) is 42.0 Å². The summed E-state index contributed by atoms with van der Waals surface area (Å²) in [5.74, 6) is -2.04. The van der Waals surface area contributed by atoms with Gasteiger partial charge in [-0.25, -0.2) is 9.59 Å². The molecule has 6 heteroatoms. The highest BCUT2D eigenvalue weighted by Crippen LogP contribution is 2.13. The predicted octanol–water partition coefficient (Wildman–Crippen LogP) is 1.31. The fraction of sp³-hybridized carbons (Fsp3) is 0.154. The van der Waals surface area contributed by atoms with Crippen LogP contribution in [0.3, 0.4) is 0 Å². The van der Waals surface area contributed by atoms with Crippen LogP contribution in [0.4, 0.5) is 10.5 Å². The summed E-state index contributed by atoms with van der Waals surface area (Å²) in [5, 5.41) is 10.4. The van der Waals surface area contributed by atoms with Crippen molar-refractivity contribution in [3.63, 3.8) is 0 Å². The zero-order chi connectivity index (χ0) is 14.4. The third kappa shape index (κ3) is 4.63. The highest BCUT2D eigenvalue weighted by atomic mass is 16.4. The first-order valence-electron chi connectivity index (χ1n) is 5.46. The Morgan fingerprint density at radius 2 is 1.95 bits per heavy atom. The quantitative estimate of drug-likeness (QED) is 0.804. The highest BCUT2D eigenvalue weighted by molar-refractivity contribution is 6.07. The van der Waals surface area contributed by atoms with Crippen LogP contribution in [0.15, 0.2) is 36.4 Å². The van der Waals surface area contributed by atoms with Gasteiger partial charge in [0.2, 0.25) is 0 Å². The lowest BCUT2D eigenvalue weighted by Gasteiger charge is -2.17. The normalized spacial score (nSPS) is 10.2. The number of rotatable bonds is 3. The Kier molecular flexibility index (Phi) is 4.82. The van der Waals surface area contributed by atoms with E-state index in [0.29, 0.717) is 11.8 Å². The maximum atomic E-state index is 11.7. The summed E-state index contributed by atoms with van der Waals surface area (Å²) in [4.78, 5) is 34.5. The van der Waals surface area contributed by atoms with Crippen molar-refractivity contribution < 1.29 is 19.5 Å². The van der Waals surface area contributed by atoms with Crippen LogP contribution in [-0.4, -0.2) is 30.1 Å². The number of aliphatic carboxylic acids is 1. The van der Waals surface area contributed by atoms with Crippen LogP contribution < -0.4 is 10.2 Å². The second-order valence-corrected chi connectivity index (χ2v) is 3.86. The molecule has 100 valence electrons. The number of hydrogen-bond donors (Lipinski definition) is 2. The monoisotopic (exact) mass is 262 g/mol. The molecule has 0 radical (unpaired) electrons. The minimum absolute atomic E-state index is 0.632. The SMILES string of the molecule is Cc1cccc(N(C)C(=O)NC(=O)C=CC(=O)O)c1. The molecule has 0 spiro atoms. The van der Waals surface area contributed by atoms with E-state index in [4.69, 9.17) is 5.11 Å². The lowest BCUT2D eigenvalue weighted by Crippen LogP contribution is -2.40. The van der Waals surface area contributed by atoms with Crippen LogP contribution in [0.25, 0.3) is 0 Å². The van der Waals surface area contributed by atoms with Crippen LogP contribution in [-0.2, 0) is 9.59 Å². The summed E-state index contributed by atoms with van der Waals surface area (Å²) in [5.41, 5.74) is 1.61. The largest absolute Gasteiger partial charge is 0.478 e. The number of urea groups is 1. The van der Waals surface area contributed by atoms with E-state index in [1.54, 1.807) is 18.2 Å². The van der Waals surface area contributed by atoms with Crippen LogP contribution in [0.2, 0.25) is 0 Å². The molecular weight excluding hydrogens is 248 g/mol. The third-order valence-electron chi connectivity index (χ3n) is 2.30. The van der Waals surface area contributed by atoms with Gasteiger partial charge in [0, 0.05) is 24.9 Å². The van der Waals surface area contributed by atoms with Gasteiger partial charge in [-0.3, -0.25) is 15.0 Å². The Bertz CT molecular complexity index is 537. The van der Waals surface area contributed by atoms with E-state index in [1.165, 1.54) is 11.9 Å². The second kappa shape index (κ2) is 6.34. The van der Waals surface area contributed by atoms with E-state index in [2.05, 4.69) is 5.32 Å².